The van der Waals surface area contributed by atoms with Crippen LogP contribution >= 0.6 is 11.8 Å². The second kappa shape index (κ2) is 12.6. The Morgan fingerprint density at radius 3 is 2.21 bits per heavy atom. The third-order valence-electron chi connectivity index (χ3n) is 6.10. The van der Waals surface area contributed by atoms with Crippen molar-refractivity contribution in [3.05, 3.63) is 96.2 Å². The van der Waals surface area contributed by atoms with E-state index in [2.05, 4.69) is 5.32 Å². The fraction of sp³-hybridized carbons (Fsp3) is 0.258. The van der Waals surface area contributed by atoms with Crippen LogP contribution in [-0.4, -0.2) is 45.3 Å². The maximum Gasteiger partial charge on any atom is 0.245 e. The Morgan fingerprint density at radius 1 is 0.921 bits per heavy atom. The molecular formula is C31H34N4O2S. The topological polar surface area (TPSA) is 67.2 Å². The van der Waals surface area contributed by atoms with E-state index in [1.165, 1.54) is 11.8 Å². The Kier molecular flexibility index (Phi) is 9.02. The smallest absolute Gasteiger partial charge is 0.245 e. The molecule has 4 rings (SSSR count). The number of rotatable bonds is 10. The van der Waals surface area contributed by atoms with E-state index >= 15 is 0 Å². The van der Waals surface area contributed by atoms with Gasteiger partial charge in [-0.2, -0.15) is 5.10 Å². The normalized spacial score (nSPS) is 11.0. The molecule has 4 aromatic rings. The predicted octanol–water partition coefficient (Wildman–Crippen LogP) is 6.37. The summed E-state index contributed by atoms with van der Waals surface area (Å²) in [6, 6.07) is 27.7. The third-order valence-corrected chi connectivity index (χ3v) is 7.10. The molecule has 7 heteroatoms. The first-order chi connectivity index (χ1) is 18.3. The van der Waals surface area contributed by atoms with Crippen LogP contribution < -0.4 is 5.32 Å². The summed E-state index contributed by atoms with van der Waals surface area (Å²) in [4.78, 5) is 29.3. The van der Waals surface area contributed by atoms with Gasteiger partial charge in [-0.25, -0.2) is 4.68 Å². The summed E-state index contributed by atoms with van der Waals surface area (Å²) in [7, 11) is 0. The lowest BCUT2D eigenvalue weighted by Crippen LogP contribution is -2.41. The van der Waals surface area contributed by atoms with Crippen LogP contribution in [0.5, 0.6) is 0 Å². The van der Waals surface area contributed by atoms with Gasteiger partial charge in [-0.3, -0.25) is 9.59 Å². The second-order valence-electron chi connectivity index (χ2n) is 9.69. The molecule has 0 atom stereocenters. The van der Waals surface area contributed by atoms with Crippen LogP contribution in [0, 0.1) is 19.8 Å². The van der Waals surface area contributed by atoms with E-state index in [9.17, 15) is 9.59 Å². The van der Waals surface area contributed by atoms with Crippen molar-refractivity contribution < 1.29 is 9.59 Å². The van der Waals surface area contributed by atoms with Crippen LogP contribution in [0.3, 0.4) is 0 Å². The molecule has 0 aliphatic carbocycles. The number of hydrogen-bond donors (Lipinski definition) is 1. The molecule has 0 aliphatic heterocycles. The fourth-order valence-corrected chi connectivity index (χ4v) is 5.18. The monoisotopic (exact) mass is 526 g/mol. The number of hydrogen-bond acceptors (Lipinski definition) is 4. The van der Waals surface area contributed by atoms with Crippen molar-refractivity contribution in [3.63, 3.8) is 0 Å². The summed E-state index contributed by atoms with van der Waals surface area (Å²) < 4.78 is 1.80. The molecule has 0 saturated heterocycles. The highest BCUT2D eigenvalue weighted by Gasteiger charge is 2.23. The SMILES string of the molecule is Cc1ccccc1-n1nc(C)c(-c2ccccc2)c1NC(=O)CN(CC(C)C)C(=O)CSc1ccccc1. The molecular weight excluding hydrogens is 492 g/mol. The number of aromatic nitrogens is 2. The summed E-state index contributed by atoms with van der Waals surface area (Å²) >= 11 is 1.48. The second-order valence-corrected chi connectivity index (χ2v) is 10.7. The number of aryl methyl sites for hydroxylation is 2. The minimum absolute atomic E-state index is 0.0292. The van der Waals surface area contributed by atoms with E-state index in [-0.39, 0.29) is 30.0 Å². The van der Waals surface area contributed by atoms with Gasteiger partial charge in [-0.05, 0) is 49.1 Å². The average Bonchev–Trinajstić information content (AvgIpc) is 3.23. The van der Waals surface area contributed by atoms with Gasteiger partial charge in [0.25, 0.3) is 0 Å². The Morgan fingerprint density at radius 2 is 1.55 bits per heavy atom. The first-order valence-corrected chi connectivity index (χ1v) is 13.8. The molecule has 0 unspecified atom stereocenters. The summed E-state index contributed by atoms with van der Waals surface area (Å²) in [5, 5.41) is 7.93. The molecule has 1 N–H and O–H groups in total. The van der Waals surface area contributed by atoms with Crippen molar-refractivity contribution in [2.75, 3.05) is 24.2 Å². The third kappa shape index (κ3) is 6.72. The van der Waals surface area contributed by atoms with Gasteiger partial charge in [0.05, 0.1) is 23.7 Å². The van der Waals surface area contributed by atoms with E-state index in [1.54, 1.807) is 9.58 Å². The van der Waals surface area contributed by atoms with Gasteiger partial charge in [0.2, 0.25) is 11.8 Å². The zero-order chi connectivity index (χ0) is 27.1. The highest BCUT2D eigenvalue weighted by Crippen LogP contribution is 2.34. The van der Waals surface area contributed by atoms with E-state index in [0.29, 0.717) is 12.4 Å². The van der Waals surface area contributed by atoms with Gasteiger partial charge in [-0.15, -0.1) is 11.8 Å². The number of thioether (sulfide) groups is 1. The number of amides is 2. The number of carbonyl (C=O) groups excluding carboxylic acids is 2. The molecule has 1 heterocycles. The fourth-order valence-electron chi connectivity index (χ4n) is 4.36. The Hall–Kier alpha value is -3.84. The van der Waals surface area contributed by atoms with Crippen molar-refractivity contribution in [2.24, 2.45) is 5.92 Å². The zero-order valence-electron chi connectivity index (χ0n) is 22.3. The molecule has 3 aromatic carbocycles. The van der Waals surface area contributed by atoms with Gasteiger partial charge in [0.15, 0.2) is 0 Å². The lowest BCUT2D eigenvalue weighted by atomic mass is 10.1. The van der Waals surface area contributed by atoms with E-state index in [4.69, 9.17) is 5.10 Å². The van der Waals surface area contributed by atoms with E-state index in [1.807, 2.05) is 113 Å². The van der Waals surface area contributed by atoms with Gasteiger partial charge in [0.1, 0.15) is 5.82 Å². The molecule has 0 radical (unpaired) electrons. The first kappa shape index (κ1) is 27.2. The first-order valence-electron chi connectivity index (χ1n) is 12.8. The zero-order valence-corrected chi connectivity index (χ0v) is 23.2. The van der Waals surface area contributed by atoms with Crippen LogP contribution in [0.2, 0.25) is 0 Å². The summed E-state index contributed by atoms with van der Waals surface area (Å²) in [6.45, 7) is 8.54. The minimum Gasteiger partial charge on any atom is -0.332 e. The summed E-state index contributed by atoms with van der Waals surface area (Å²) in [6.07, 6.45) is 0. The quantitative estimate of drug-likeness (QED) is 0.244. The van der Waals surface area contributed by atoms with Gasteiger partial charge in [0, 0.05) is 17.0 Å². The molecule has 0 spiro atoms. The van der Waals surface area contributed by atoms with E-state index < -0.39 is 0 Å². The molecule has 0 saturated carbocycles. The van der Waals surface area contributed by atoms with Gasteiger partial charge in [-0.1, -0.05) is 80.6 Å². The number of nitrogens with one attached hydrogen (secondary N) is 1. The minimum atomic E-state index is -0.254. The predicted molar refractivity (Wildman–Crippen MR) is 156 cm³/mol. The lowest BCUT2D eigenvalue weighted by Gasteiger charge is -2.24. The van der Waals surface area contributed by atoms with Crippen LogP contribution in [0.15, 0.2) is 89.8 Å². The molecule has 0 bridgehead atoms. The van der Waals surface area contributed by atoms with Gasteiger partial charge >= 0.3 is 0 Å². The van der Waals surface area contributed by atoms with Crippen LogP contribution in [0.25, 0.3) is 16.8 Å². The molecule has 2 amide bonds. The number of para-hydroxylation sites is 1. The van der Waals surface area contributed by atoms with Crippen LogP contribution in [-0.2, 0) is 9.59 Å². The molecule has 38 heavy (non-hydrogen) atoms. The van der Waals surface area contributed by atoms with Crippen molar-refractivity contribution >= 4 is 29.4 Å². The van der Waals surface area contributed by atoms with Crippen molar-refractivity contribution in [2.45, 2.75) is 32.6 Å². The average molecular weight is 527 g/mol. The largest absolute Gasteiger partial charge is 0.332 e. The highest BCUT2D eigenvalue weighted by atomic mass is 32.2. The number of carbonyl (C=O) groups is 2. The van der Waals surface area contributed by atoms with Crippen LogP contribution in [0.1, 0.15) is 25.1 Å². The number of anilines is 1. The molecule has 0 fully saturated rings. The number of nitrogens with zero attached hydrogens (tertiary/aromatic N) is 3. The Labute approximate surface area is 229 Å². The van der Waals surface area contributed by atoms with Crippen molar-refractivity contribution in [3.8, 4) is 16.8 Å². The maximum absolute atomic E-state index is 13.5. The molecule has 1 aromatic heterocycles. The Bertz CT molecular complexity index is 1380. The van der Waals surface area contributed by atoms with Crippen LogP contribution in [0.4, 0.5) is 5.82 Å². The highest BCUT2D eigenvalue weighted by molar-refractivity contribution is 8.00. The van der Waals surface area contributed by atoms with Crippen molar-refractivity contribution in [1.82, 2.24) is 14.7 Å². The van der Waals surface area contributed by atoms with Gasteiger partial charge < -0.3 is 10.2 Å². The maximum atomic E-state index is 13.5. The molecule has 196 valence electrons. The lowest BCUT2D eigenvalue weighted by molar-refractivity contribution is -0.132. The summed E-state index contributed by atoms with van der Waals surface area (Å²) in [5.74, 6) is 0.793. The summed E-state index contributed by atoms with van der Waals surface area (Å²) in [5.41, 5.74) is 4.57. The Balaban J connectivity index is 1.61. The standard InChI is InChI=1S/C31H34N4O2S/c1-22(2)19-34(29(37)21-38-26-16-9-6-10-17-26)20-28(36)32-31-30(25-14-7-5-8-15-25)24(4)33-35(31)27-18-12-11-13-23(27)3/h5-18,22H,19-21H2,1-4H3,(H,32,36). The number of benzene rings is 3. The molecule has 6 nitrogen and oxygen atoms in total. The van der Waals surface area contributed by atoms with E-state index in [0.717, 1.165) is 33.0 Å². The molecule has 0 aliphatic rings. The van der Waals surface area contributed by atoms with Crippen molar-refractivity contribution in [1.29, 1.82) is 0 Å².